The van der Waals surface area contributed by atoms with E-state index in [4.69, 9.17) is 4.74 Å². The van der Waals surface area contributed by atoms with Crippen LogP contribution in [0.2, 0.25) is 0 Å². The van der Waals surface area contributed by atoms with Gasteiger partial charge in [0.15, 0.2) is 0 Å². The quantitative estimate of drug-likeness (QED) is 0.554. The molecule has 0 aromatic rings. The van der Waals surface area contributed by atoms with Gasteiger partial charge in [0, 0.05) is 11.0 Å². The van der Waals surface area contributed by atoms with Crippen LogP contribution in [0.1, 0.15) is 27.2 Å². The van der Waals surface area contributed by atoms with Crippen LogP contribution in [0.4, 0.5) is 4.79 Å². The summed E-state index contributed by atoms with van der Waals surface area (Å²) in [5.74, 6) is 0. The summed E-state index contributed by atoms with van der Waals surface area (Å²) in [6.07, 6.45) is -0.872. The Morgan fingerprint density at radius 1 is 1.56 bits per heavy atom. The Hall–Kier alpha value is -0.278. The standard InChI is InChI=1S/C10H18NO4.Al.2H/c1-10(2,3)15-9(14)11-5-4-7(12)8(13)6-11;;;/h8,12-13H,4-6H2,1-3H3;;;/t8-;;;/m1.../s1. The fourth-order valence-electron chi connectivity index (χ4n) is 1.52. The number of rotatable bonds is 0. The summed E-state index contributed by atoms with van der Waals surface area (Å²) < 4.78 is 4.23. The summed E-state index contributed by atoms with van der Waals surface area (Å²) in [6, 6.07) is 0. The van der Waals surface area contributed by atoms with E-state index in [9.17, 15) is 15.0 Å². The van der Waals surface area contributed by atoms with Gasteiger partial charge in [0.25, 0.3) is 16.3 Å². The van der Waals surface area contributed by atoms with Crippen LogP contribution in [0.3, 0.4) is 0 Å². The number of likely N-dealkylation sites (tertiary alicyclic amines) is 1. The summed E-state index contributed by atoms with van der Waals surface area (Å²) >= 11 is 0.500. The number of aliphatic hydroxyl groups excluding tert-OH is 1. The van der Waals surface area contributed by atoms with E-state index in [0.717, 1.165) is 0 Å². The topological polar surface area (TPSA) is 70.0 Å². The molecule has 0 saturated carbocycles. The van der Waals surface area contributed by atoms with Crippen LogP contribution in [-0.2, 0) is 4.74 Å². The highest BCUT2D eigenvalue weighted by Gasteiger charge is 2.38. The third-order valence-corrected chi connectivity index (χ3v) is 3.82. The average Bonchev–Trinajstić information content (AvgIpc) is 2.06. The predicted molar refractivity (Wildman–Crippen MR) is 61.9 cm³/mol. The summed E-state index contributed by atoms with van der Waals surface area (Å²) in [5, 5.41) is 19.5. The molecule has 2 atom stereocenters. The number of carbonyl (C=O) groups excluding carboxylic acids is 1. The molecule has 92 valence electrons. The van der Waals surface area contributed by atoms with E-state index in [-0.39, 0.29) is 6.54 Å². The second-order valence-corrected chi connectivity index (χ2v) is 7.28. The van der Waals surface area contributed by atoms with E-state index in [1.807, 2.05) is 0 Å². The second-order valence-electron chi connectivity index (χ2n) is 5.55. The third-order valence-electron chi connectivity index (χ3n) is 2.65. The zero-order chi connectivity index (χ0) is 12.6. The highest BCUT2D eigenvalue weighted by atomic mass is 27.0. The average molecular weight is 245 g/mol. The van der Waals surface area contributed by atoms with E-state index in [1.54, 1.807) is 20.8 Å². The van der Waals surface area contributed by atoms with Crippen molar-refractivity contribution < 1.29 is 19.7 Å². The number of piperidine rings is 1. The van der Waals surface area contributed by atoms with Gasteiger partial charge < -0.3 is 19.8 Å². The largest absolute Gasteiger partial charge is 0.444 e. The highest BCUT2D eigenvalue weighted by molar-refractivity contribution is 6.14. The van der Waals surface area contributed by atoms with E-state index < -0.39 is 22.3 Å². The van der Waals surface area contributed by atoms with Crippen molar-refractivity contribution in [1.29, 1.82) is 0 Å². The predicted octanol–water partition coefficient (Wildman–Crippen LogP) is -0.690. The minimum atomic E-state index is -0.974. The maximum atomic E-state index is 11.7. The van der Waals surface area contributed by atoms with Gasteiger partial charge in [-0.05, 0) is 27.2 Å². The molecule has 16 heavy (non-hydrogen) atoms. The van der Waals surface area contributed by atoms with E-state index in [0.29, 0.717) is 29.3 Å². The first-order valence-corrected chi connectivity index (χ1v) is 6.50. The first-order chi connectivity index (χ1) is 7.12. The molecule has 1 rings (SSSR count). The van der Waals surface area contributed by atoms with Crippen LogP contribution in [0.15, 0.2) is 0 Å². The Balaban J connectivity index is 2.55. The summed E-state index contributed by atoms with van der Waals surface area (Å²) in [5.41, 5.74) is -0.531. The van der Waals surface area contributed by atoms with Crippen molar-refractivity contribution in [1.82, 2.24) is 4.90 Å². The number of hydrogen-bond donors (Lipinski definition) is 2. The number of ether oxygens (including phenoxy) is 1. The molecule has 1 fully saturated rings. The number of nitrogens with zero attached hydrogens (tertiary/aromatic N) is 1. The maximum absolute atomic E-state index is 11.7. The summed E-state index contributed by atoms with van der Waals surface area (Å²) in [7, 11) is 0. The van der Waals surface area contributed by atoms with Gasteiger partial charge >= 0.3 is 6.09 Å². The lowest BCUT2D eigenvalue weighted by Crippen LogP contribution is -2.57. The molecule has 0 radical (unpaired) electrons. The van der Waals surface area contributed by atoms with Gasteiger partial charge in [-0.25, -0.2) is 4.79 Å². The van der Waals surface area contributed by atoms with Crippen LogP contribution in [-0.4, -0.2) is 66.8 Å². The lowest BCUT2D eigenvalue weighted by Gasteiger charge is -2.40. The molecule has 2 N–H and O–H groups in total. The van der Waals surface area contributed by atoms with Crippen molar-refractivity contribution >= 4 is 22.4 Å². The molecule has 0 unspecified atom stereocenters. The highest BCUT2D eigenvalue weighted by Crippen LogP contribution is 2.21. The smallest absolute Gasteiger partial charge is 0.410 e. The van der Waals surface area contributed by atoms with Crippen LogP contribution in [0, 0.1) is 0 Å². The zero-order valence-corrected chi connectivity index (χ0v) is 12.4. The first kappa shape index (κ1) is 13.8. The van der Waals surface area contributed by atoms with Crippen LogP contribution < -0.4 is 0 Å². The number of carbonyl (C=O) groups is 1. The van der Waals surface area contributed by atoms with Crippen LogP contribution in [0.25, 0.3) is 0 Å². The minimum Gasteiger partial charge on any atom is -0.444 e. The molecule has 0 bridgehead atoms. The fourth-order valence-corrected chi connectivity index (χ4v) is 1.92. The number of β-amino-alcohol motifs (C(OH)–C–C–N with tert-alkyl or cyclic N) is 1. The Labute approximate surface area is 104 Å². The van der Waals surface area contributed by atoms with Gasteiger partial charge in [-0.3, -0.25) is 0 Å². The van der Waals surface area contributed by atoms with Gasteiger partial charge in [-0.15, -0.1) is 0 Å². The second kappa shape index (κ2) is 4.54. The molecular formula is C10H20AlNO4. The van der Waals surface area contributed by atoms with Crippen molar-refractivity contribution in [3.05, 3.63) is 0 Å². The van der Waals surface area contributed by atoms with E-state index >= 15 is 0 Å². The molecule has 1 aliphatic heterocycles. The number of aliphatic hydroxyl groups is 2. The molecular weight excluding hydrogens is 225 g/mol. The molecule has 0 aromatic carbocycles. The van der Waals surface area contributed by atoms with E-state index in [1.165, 1.54) is 4.90 Å². The fraction of sp³-hybridized carbons (Fsp3) is 0.900. The normalized spacial score (nSPS) is 31.3. The molecule has 1 aliphatic rings. The van der Waals surface area contributed by atoms with Gasteiger partial charge in [0.1, 0.15) is 5.60 Å². The van der Waals surface area contributed by atoms with Gasteiger partial charge in [-0.1, -0.05) is 0 Å². The lowest BCUT2D eigenvalue weighted by molar-refractivity contribution is -0.0695. The van der Waals surface area contributed by atoms with Crippen LogP contribution >= 0.6 is 0 Å². The molecule has 0 aliphatic carbocycles. The van der Waals surface area contributed by atoms with Crippen molar-refractivity contribution in [3.8, 4) is 0 Å². The molecule has 1 saturated heterocycles. The maximum Gasteiger partial charge on any atom is 0.410 e. The SMILES string of the molecule is CC(C)(C)OC(=O)N1CC[C@@](O)([AlH2])[C@H](O)C1. The van der Waals surface area contributed by atoms with Crippen molar-refractivity contribution in [2.24, 2.45) is 0 Å². The Morgan fingerprint density at radius 3 is 2.56 bits per heavy atom. The van der Waals surface area contributed by atoms with Crippen molar-refractivity contribution in [3.63, 3.8) is 0 Å². The molecule has 5 nitrogen and oxygen atoms in total. The van der Waals surface area contributed by atoms with Crippen molar-refractivity contribution in [2.75, 3.05) is 13.1 Å². The summed E-state index contributed by atoms with van der Waals surface area (Å²) in [4.78, 5) is 13.1. The molecule has 0 spiro atoms. The van der Waals surface area contributed by atoms with E-state index in [2.05, 4.69) is 0 Å². The monoisotopic (exact) mass is 245 g/mol. The summed E-state index contributed by atoms with van der Waals surface area (Å²) in [6.45, 7) is 5.98. The van der Waals surface area contributed by atoms with Crippen LogP contribution in [0.5, 0.6) is 0 Å². The van der Waals surface area contributed by atoms with Gasteiger partial charge in [0.2, 0.25) is 0 Å². The van der Waals surface area contributed by atoms with Gasteiger partial charge in [-0.2, -0.15) is 0 Å². The first-order valence-electron chi connectivity index (χ1n) is 5.50. The molecule has 6 heteroatoms. The Bertz CT molecular complexity index is 274. The zero-order valence-electron chi connectivity index (χ0n) is 10.4. The minimum absolute atomic E-state index is 0.148. The van der Waals surface area contributed by atoms with Crippen molar-refractivity contribution in [2.45, 2.75) is 43.4 Å². The lowest BCUT2D eigenvalue weighted by atomic mass is 10.0. The third kappa shape index (κ3) is 3.63. The Kier molecular flexibility index (Phi) is 3.91. The molecule has 1 heterocycles. The number of amides is 1. The van der Waals surface area contributed by atoms with Gasteiger partial charge in [0.05, 0.1) is 12.6 Å². The molecule has 0 aromatic heterocycles. The Morgan fingerprint density at radius 2 is 2.12 bits per heavy atom. The molecule has 1 amide bonds. The number of hydrogen-bond acceptors (Lipinski definition) is 4.